The normalized spacial score (nSPS) is 21.0. The van der Waals surface area contributed by atoms with Gasteiger partial charge >= 0.3 is 0 Å². The Balaban J connectivity index is 2.20. The standard InChI is InChI=1S/C13H21FN4/c1-17-7-3-4-11(9-17)18(2)13-12(14)10(8-15)5-6-16-13/h5-6,11H,3-4,7-9,15H2,1-2H3. The predicted octanol–water partition coefficient (Wildman–Crippen LogP) is 1.21. The second kappa shape index (κ2) is 5.63. The van der Waals surface area contributed by atoms with Crippen LogP contribution >= 0.6 is 0 Å². The molecule has 0 aliphatic carbocycles. The minimum Gasteiger partial charge on any atom is -0.353 e. The van der Waals surface area contributed by atoms with Crippen molar-refractivity contribution in [3.8, 4) is 0 Å². The van der Waals surface area contributed by atoms with Crippen molar-refractivity contribution in [3.05, 3.63) is 23.6 Å². The number of halogens is 1. The zero-order valence-corrected chi connectivity index (χ0v) is 11.1. The molecule has 1 aromatic heterocycles. The Labute approximate surface area is 108 Å². The molecule has 18 heavy (non-hydrogen) atoms. The van der Waals surface area contributed by atoms with Gasteiger partial charge in [0.1, 0.15) is 0 Å². The Bertz CT molecular complexity index is 410. The van der Waals surface area contributed by atoms with Gasteiger partial charge in [-0.25, -0.2) is 9.37 Å². The molecule has 2 N–H and O–H groups in total. The Kier molecular flexibility index (Phi) is 4.14. The molecule has 1 atom stereocenters. The Morgan fingerprint density at radius 1 is 1.61 bits per heavy atom. The molecule has 0 saturated carbocycles. The molecule has 100 valence electrons. The summed E-state index contributed by atoms with van der Waals surface area (Å²) in [6.07, 6.45) is 3.85. The lowest BCUT2D eigenvalue weighted by molar-refractivity contribution is 0.247. The van der Waals surface area contributed by atoms with Crippen LogP contribution in [-0.4, -0.2) is 43.1 Å². The molecule has 2 rings (SSSR count). The number of nitrogens with zero attached hydrogens (tertiary/aromatic N) is 3. The lowest BCUT2D eigenvalue weighted by Gasteiger charge is -2.36. The maximum Gasteiger partial charge on any atom is 0.170 e. The smallest absolute Gasteiger partial charge is 0.170 e. The summed E-state index contributed by atoms with van der Waals surface area (Å²) in [5.74, 6) is 0.133. The molecule has 1 aliphatic heterocycles. The van der Waals surface area contributed by atoms with Crippen molar-refractivity contribution in [2.24, 2.45) is 5.73 Å². The molecule has 0 bridgehead atoms. The lowest BCUT2D eigenvalue weighted by Crippen LogP contribution is -2.45. The third-order valence-electron chi connectivity index (χ3n) is 3.65. The number of nitrogens with two attached hydrogens (primary N) is 1. The minimum absolute atomic E-state index is 0.208. The van der Waals surface area contributed by atoms with E-state index in [-0.39, 0.29) is 12.4 Å². The molecule has 4 nitrogen and oxygen atoms in total. The van der Waals surface area contributed by atoms with E-state index in [0.29, 0.717) is 17.4 Å². The van der Waals surface area contributed by atoms with Gasteiger partial charge in [0, 0.05) is 37.9 Å². The second-order valence-electron chi connectivity index (χ2n) is 4.98. The van der Waals surface area contributed by atoms with Crippen LogP contribution in [0.25, 0.3) is 0 Å². The molecule has 0 amide bonds. The summed E-state index contributed by atoms with van der Waals surface area (Å²) in [6, 6.07) is 1.96. The number of rotatable bonds is 3. The molecule has 0 radical (unpaired) electrons. The third-order valence-corrected chi connectivity index (χ3v) is 3.65. The number of hydrogen-bond acceptors (Lipinski definition) is 4. The number of likely N-dealkylation sites (tertiary alicyclic amines) is 1. The second-order valence-corrected chi connectivity index (χ2v) is 4.98. The first-order valence-corrected chi connectivity index (χ1v) is 6.38. The SMILES string of the molecule is CN1CCCC(N(C)c2nccc(CN)c2F)C1. The van der Waals surface area contributed by atoms with E-state index in [1.54, 1.807) is 12.3 Å². The third kappa shape index (κ3) is 2.62. The quantitative estimate of drug-likeness (QED) is 0.878. The topological polar surface area (TPSA) is 45.4 Å². The van der Waals surface area contributed by atoms with Crippen LogP contribution in [0.15, 0.2) is 12.3 Å². The van der Waals surface area contributed by atoms with Crippen molar-refractivity contribution in [1.29, 1.82) is 0 Å². The average Bonchev–Trinajstić information content (AvgIpc) is 2.38. The van der Waals surface area contributed by atoms with Gasteiger partial charge in [0.05, 0.1) is 0 Å². The number of aromatic nitrogens is 1. The highest BCUT2D eigenvalue weighted by atomic mass is 19.1. The molecule has 1 aromatic rings. The van der Waals surface area contributed by atoms with E-state index in [0.717, 1.165) is 25.9 Å². The molecule has 1 saturated heterocycles. The lowest BCUT2D eigenvalue weighted by atomic mass is 10.0. The van der Waals surface area contributed by atoms with Crippen LogP contribution in [0, 0.1) is 5.82 Å². The zero-order chi connectivity index (χ0) is 13.1. The van der Waals surface area contributed by atoms with Gasteiger partial charge in [-0.3, -0.25) is 0 Å². The maximum absolute atomic E-state index is 14.2. The largest absolute Gasteiger partial charge is 0.353 e. The van der Waals surface area contributed by atoms with Crippen molar-refractivity contribution in [2.45, 2.75) is 25.4 Å². The molecular formula is C13H21FN4. The number of hydrogen-bond donors (Lipinski definition) is 1. The summed E-state index contributed by atoms with van der Waals surface area (Å²) in [6.45, 7) is 2.27. The fraction of sp³-hybridized carbons (Fsp3) is 0.615. The fourth-order valence-corrected chi connectivity index (χ4v) is 2.50. The fourth-order valence-electron chi connectivity index (χ4n) is 2.50. The van der Waals surface area contributed by atoms with Gasteiger partial charge in [-0.05, 0) is 32.5 Å². The van der Waals surface area contributed by atoms with Crippen molar-refractivity contribution < 1.29 is 4.39 Å². The monoisotopic (exact) mass is 252 g/mol. The van der Waals surface area contributed by atoms with Gasteiger partial charge in [0.2, 0.25) is 0 Å². The van der Waals surface area contributed by atoms with E-state index in [1.165, 1.54) is 0 Å². The van der Waals surface area contributed by atoms with Gasteiger partial charge in [-0.1, -0.05) is 0 Å². The van der Waals surface area contributed by atoms with Crippen LogP contribution in [0.4, 0.5) is 10.2 Å². The highest BCUT2D eigenvalue weighted by Crippen LogP contribution is 2.23. The van der Waals surface area contributed by atoms with E-state index < -0.39 is 0 Å². The molecule has 1 unspecified atom stereocenters. The van der Waals surface area contributed by atoms with Gasteiger partial charge in [-0.2, -0.15) is 0 Å². The van der Waals surface area contributed by atoms with E-state index in [2.05, 4.69) is 16.9 Å². The van der Waals surface area contributed by atoms with Crippen LogP contribution in [0.2, 0.25) is 0 Å². The number of pyridine rings is 1. The first-order valence-electron chi connectivity index (χ1n) is 6.38. The van der Waals surface area contributed by atoms with Crippen LogP contribution in [-0.2, 0) is 6.54 Å². The van der Waals surface area contributed by atoms with E-state index in [1.807, 2.05) is 11.9 Å². The van der Waals surface area contributed by atoms with Crippen molar-refractivity contribution >= 4 is 5.82 Å². The van der Waals surface area contributed by atoms with Crippen LogP contribution < -0.4 is 10.6 Å². The van der Waals surface area contributed by atoms with Crippen molar-refractivity contribution in [3.63, 3.8) is 0 Å². The zero-order valence-electron chi connectivity index (χ0n) is 11.1. The first-order chi connectivity index (χ1) is 8.63. The average molecular weight is 252 g/mol. The Morgan fingerprint density at radius 2 is 2.39 bits per heavy atom. The molecule has 1 aliphatic rings. The van der Waals surface area contributed by atoms with Gasteiger partial charge < -0.3 is 15.5 Å². The van der Waals surface area contributed by atoms with Gasteiger partial charge in [-0.15, -0.1) is 0 Å². The van der Waals surface area contributed by atoms with Crippen LogP contribution in [0.3, 0.4) is 0 Å². The molecule has 2 heterocycles. The molecule has 1 fully saturated rings. The summed E-state index contributed by atoms with van der Waals surface area (Å²) < 4.78 is 14.2. The van der Waals surface area contributed by atoms with Gasteiger partial charge in [0.15, 0.2) is 11.6 Å². The van der Waals surface area contributed by atoms with Crippen LogP contribution in [0.5, 0.6) is 0 Å². The van der Waals surface area contributed by atoms with Crippen molar-refractivity contribution in [1.82, 2.24) is 9.88 Å². The molecular weight excluding hydrogens is 231 g/mol. The first kappa shape index (κ1) is 13.2. The molecule has 5 heteroatoms. The number of likely N-dealkylation sites (N-methyl/N-ethyl adjacent to an activating group) is 2. The Morgan fingerprint density at radius 3 is 3.06 bits per heavy atom. The van der Waals surface area contributed by atoms with Crippen molar-refractivity contribution in [2.75, 3.05) is 32.1 Å². The summed E-state index contributed by atoms with van der Waals surface area (Å²) in [7, 11) is 4.01. The molecule has 0 aromatic carbocycles. The summed E-state index contributed by atoms with van der Waals surface area (Å²) in [5.41, 5.74) is 6.05. The number of piperidine rings is 1. The van der Waals surface area contributed by atoms with Crippen LogP contribution in [0.1, 0.15) is 18.4 Å². The highest BCUT2D eigenvalue weighted by molar-refractivity contribution is 5.43. The Hall–Kier alpha value is -1.20. The summed E-state index contributed by atoms with van der Waals surface area (Å²) >= 11 is 0. The van der Waals surface area contributed by atoms with E-state index >= 15 is 0 Å². The highest BCUT2D eigenvalue weighted by Gasteiger charge is 2.24. The minimum atomic E-state index is -0.282. The number of anilines is 1. The maximum atomic E-state index is 14.2. The molecule has 0 spiro atoms. The van der Waals surface area contributed by atoms with E-state index in [4.69, 9.17) is 5.73 Å². The summed E-state index contributed by atoms with van der Waals surface area (Å²) in [5, 5.41) is 0. The summed E-state index contributed by atoms with van der Waals surface area (Å²) in [4.78, 5) is 8.39. The van der Waals surface area contributed by atoms with Gasteiger partial charge in [0.25, 0.3) is 0 Å². The predicted molar refractivity (Wildman–Crippen MR) is 71.0 cm³/mol. The van der Waals surface area contributed by atoms with E-state index in [9.17, 15) is 4.39 Å².